The van der Waals surface area contributed by atoms with Crippen LogP contribution >= 0.6 is 23.7 Å². The largest absolute Gasteiger partial charge is 0.329 e. The van der Waals surface area contributed by atoms with Crippen LogP contribution in [0.5, 0.6) is 0 Å². The zero-order valence-electron chi connectivity index (χ0n) is 8.14. The van der Waals surface area contributed by atoms with E-state index < -0.39 is 0 Å². The molecule has 0 radical (unpaired) electrons. The lowest BCUT2D eigenvalue weighted by atomic mass is 10.2. The molecular formula is C10H12ClN3S. The van der Waals surface area contributed by atoms with Crippen molar-refractivity contribution < 1.29 is 0 Å². The highest BCUT2D eigenvalue weighted by Crippen LogP contribution is 2.39. The summed E-state index contributed by atoms with van der Waals surface area (Å²) in [6.07, 6.45) is 3.02. The molecule has 0 aromatic carbocycles. The number of nitrogens with two attached hydrogens (primary N) is 1. The van der Waals surface area contributed by atoms with Crippen LogP contribution in [0.4, 0.5) is 0 Å². The minimum Gasteiger partial charge on any atom is -0.329 e. The number of fused-ring (bicyclic) bond motifs is 3. The van der Waals surface area contributed by atoms with Crippen LogP contribution in [-0.4, -0.2) is 16.3 Å². The first-order valence-corrected chi connectivity index (χ1v) is 5.59. The van der Waals surface area contributed by atoms with Crippen LogP contribution in [0, 0.1) is 0 Å². The van der Waals surface area contributed by atoms with Crippen molar-refractivity contribution in [2.24, 2.45) is 5.73 Å². The van der Waals surface area contributed by atoms with Gasteiger partial charge in [-0.15, -0.1) is 23.7 Å². The average molecular weight is 242 g/mol. The second-order valence-corrected chi connectivity index (χ2v) is 4.47. The van der Waals surface area contributed by atoms with E-state index >= 15 is 0 Å². The first kappa shape index (κ1) is 10.7. The molecule has 3 nitrogen and oxygen atoms in total. The molecule has 2 aromatic rings. The van der Waals surface area contributed by atoms with Gasteiger partial charge in [-0.05, 0) is 11.4 Å². The van der Waals surface area contributed by atoms with Crippen molar-refractivity contribution in [1.82, 2.24) is 9.78 Å². The molecule has 0 saturated carbocycles. The third-order valence-electron chi connectivity index (χ3n) is 2.61. The monoisotopic (exact) mass is 241 g/mol. The van der Waals surface area contributed by atoms with Crippen molar-refractivity contribution in [2.45, 2.75) is 13.0 Å². The van der Waals surface area contributed by atoms with E-state index in [0.717, 1.165) is 13.0 Å². The first-order valence-electron chi connectivity index (χ1n) is 4.71. The van der Waals surface area contributed by atoms with Crippen LogP contribution in [0.1, 0.15) is 10.4 Å². The number of nitrogens with zero attached hydrogens (tertiary/aromatic N) is 2. The highest BCUT2D eigenvalue weighted by atomic mass is 35.5. The van der Waals surface area contributed by atoms with Crippen LogP contribution in [0.15, 0.2) is 17.6 Å². The van der Waals surface area contributed by atoms with Gasteiger partial charge in [0.1, 0.15) is 0 Å². The Morgan fingerprint density at radius 2 is 2.40 bits per heavy atom. The Labute approximate surface area is 98.3 Å². The summed E-state index contributed by atoms with van der Waals surface area (Å²) in [4.78, 5) is 1.46. The van der Waals surface area contributed by atoms with Gasteiger partial charge < -0.3 is 5.73 Å². The van der Waals surface area contributed by atoms with Gasteiger partial charge in [0.25, 0.3) is 0 Å². The number of thiophene rings is 1. The van der Waals surface area contributed by atoms with E-state index in [9.17, 15) is 0 Å². The Hall–Kier alpha value is -0.840. The quantitative estimate of drug-likeness (QED) is 0.745. The second kappa shape index (κ2) is 3.96. The van der Waals surface area contributed by atoms with E-state index in [-0.39, 0.29) is 12.4 Å². The molecule has 0 fully saturated rings. The summed E-state index contributed by atoms with van der Waals surface area (Å²) >= 11 is 1.83. The molecule has 0 amide bonds. The second-order valence-electron chi connectivity index (χ2n) is 3.46. The molecule has 0 bridgehead atoms. The van der Waals surface area contributed by atoms with Gasteiger partial charge in [-0.3, -0.25) is 4.68 Å². The van der Waals surface area contributed by atoms with Gasteiger partial charge in [0.05, 0.1) is 18.4 Å². The fourth-order valence-corrected chi connectivity index (χ4v) is 2.92. The lowest BCUT2D eigenvalue weighted by Gasteiger charge is -2.02. The maximum Gasteiger partial charge on any atom is 0.0729 e. The molecule has 15 heavy (non-hydrogen) atoms. The fourth-order valence-electron chi connectivity index (χ4n) is 2.02. The van der Waals surface area contributed by atoms with E-state index in [2.05, 4.69) is 16.5 Å². The molecule has 80 valence electrons. The predicted molar refractivity (Wildman–Crippen MR) is 64.6 cm³/mol. The number of rotatable bonds is 2. The molecule has 0 spiro atoms. The summed E-state index contributed by atoms with van der Waals surface area (Å²) in [7, 11) is 0. The minimum absolute atomic E-state index is 0. The van der Waals surface area contributed by atoms with Crippen molar-refractivity contribution in [1.29, 1.82) is 0 Å². The molecule has 2 heterocycles. The molecular weight excluding hydrogens is 230 g/mol. The smallest absolute Gasteiger partial charge is 0.0729 e. The van der Waals surface area contributed by atoms with Crippen molar-refractivity contribution in [2.75, 3.05) is 6.54 Å². The normalized spacial score (nSPS) is 12.1. The molecule has 5 heteroatoms. The summed E-state index contributed by atoms with van der Waals surface area (Å²) in [5.41, 5.74) is 9.54. The minimum atomic E-state index is 0. The first-order chi connectivity index (χ1) is 6.90. The lowest BCUT2D eigenvalue weighted by Crippen LogP contribution is -2.11. The molecule has 0 atom stereocenters. The molecule has 0 aliphatic heterocycles. The van der Waals surface area contributed by atoms with Crippen molar-refractivity contribution >= 4 is 23.7 Å². The molecule has 3 rings (SSSR count). The maximum atomic E-state index is 5.55. The van der Waals surface area contributed by atoms with E-state index in [4.69, 9.17) is 5.73 Å². The molecule has 0 saturated heterocycles. The SMILES string of the molecule is Cl.NCCn1ncc2c1-c1ccsc1C2. The van der Waals surface area contributed by atoms with Crippen LogP contribution in [0.2, 0.25) is 0 Å². The summed E-state index contributed by atoms with van der Waals surface area (Å²) < 4.78 is 2.02. The van der Waals surface area contributed by atoms with Gasteiger partial charge in [0, 0.05) is 29.0 Å². The molecule has 2 aromatic heterocycles. The van der Waals surface area contributed by atoms with Gasteiger partial charge in [-0.1, -0.05) is 0 Å². The third-order valence-corrected chi connectivity index (χ3v) is 3.53. The number of aromatic nitrogens is 2. The zero-order chi connectivity index (χ0) is 9.54. The van der Waals surface area contributed by atoms with Gasteiger partial charge in [0.15, 0.2) is 0 Å². The van der Waals surface area contributed by atoms with Crippen LogP contribution in [0.3, 0.4) is 0 Å². The standard InChI is InChI=1S/C10H11N3S.ClH/c11-2-3-13-10-7(6-12-13)5-9-8(10)1-4-14-9;/h1,4,6H,2-3,5,11H2;1H. The van der Waals surface area contributed by atoms with Crippen LogP contribution in [0.25, 0.3) is 11.3 Å². The predicted octanol–water partition coefficient (Wildman–Crippen LogP) is 1.90. The maximum absolute atomic E-state index is 5.55. The number of halogens is 1. The molecule has 2 N–H and O–H groups in total. The summed E-state index contributed by atoms with van der Waals surface area (Å²) in [5.74, 6) is 0. The third kappa shape index (κ3) is 1.49. The van der Waals surface area contributed by atoms with E-state index in [1.807, 2.05) is 22.2 Å². The van der Waals surface area contributed by atoms with Crippen molar-refractivity contribution in [3.8, 4) is 11.3 Å². The van der Waals surface area contributed by atoms with E-state index in [1.165, 1.54) is 21.7 Å². The summed E-state index contributed by atoms with van der Waals surface area (Å²) in [6, 6.07) is 2.18. The topological polar surface area (TPSA) is 43.8 Å². The van der Waals surface area contributed by atoms with Crippen LogP contribution in [-0.2, 0) is 13.0 Å². The summed E-state index contributed by atoms with van der Waals surface area (Å²) in [5, 5.41) is 6.49. The van der Waals surface area contributed by atoms with E-state index in [1.54, 1.807) is 0 Å². The highest BCUT2D eigenvalue weighted by molar-refractivity contribution is 7.10. The Morgan fingerprint density at radius 1 is 1.53 bits per heavy atom. The van der Waals surface area contributed by atoms with Crippen LogP contribution < -0.4 is 5.73 Å². The Bertz CT molecular complexity index is 475. The highest BCUT2D eigenvalue weighted by Gasteiger charge is 2.23. The van der Waals surface area contributed by atoms with Gasteiger partial charge in [-0.25, -0.2) is 0 Å². The molecule has 0 unspecified atom stereocenters. The number of hydrogen-bond donors (Lipinski definition) is 1. The molecule has 1 aliphatic rings. The Balaban J connectivity index is 0.000000853. The number of hydrogen-bond acceptors (Lipinski definition) is 3. The van der Waals surface area contributed by atoms with Crippen molar-refractivity contribution in [3.05, 3.63) is 28.1 Å². The molecule has 1 aliphatic carbocycles. The summed E-state index contributed by atoms with van der Waals surface area (Å²) in [6.45, 7) is 1.46. The van der Waals surface area contributed by atoms with Crippen molar-refractivity contribution in [3.63, 3.8) is 0 Å². The zero-order valence-corrected chi connectivity index (χ0v) is 9.77. The average Bonchev–Trinajstić information content (AvgIpc) is 2.77. The Morgan fingerprint density at radius 3 is 3.20 bits per heavy atom. The Kier molecular flexibility index (Phi) is 2.82. The van der Waals surface area contributed by atoms with E-state index in [0.29, 0.717) is 6.54 Å². The lowest BCUT2D eigenvalue weighted by molar-refractivity contribution is 0.632. The fraction of sp³-hybridized carbons (Fsp3) is 0.300. The van der Waals surface area contributed by atoms with Gasteiger partial charge >= 0.3 is 0 Å². The van der Waals surface area contributed by atoms with Gasteiger partial charge in [0.2, 0.25) is 0 Å². The van der Waals surface area contributed by atoms with Gasteiger partial charge in [-0.2, -0.15) is 5.10 Å².